The quantitative estimate of drug-likeness (QED) is 0.795. The largest absolute Gasteiger partial charge is 0.321 e. The molecule has 4 nitrogen and oxygen atoms in total. The zero-order valence-corrected chi connectivity index (χ0v) is 12.5. The molecule has 0 fully saturated rings. The molecule has 0 aliphatic carbocycles. The summed E-state index contributed by atoms with van der Waals surface area (Å²) in [6.07, 6.45) is 2.61. The Bertz CT molecular complexity index is 873. The van der Waals surface area contributed by atoms with E-state index in [-0.39, 0.29) is 5.69 Å². The molecule has 0 saturated heterocycles. The van der Waals surface area contributed by atoms with Gasteiger partial charge in [0.1, 0.15) is 23.0 Å². The van der Waals surface area contributed by atoms with Crippen molar-refractivity contribution in [2.75, 3.05) is 5.32 Å². The zero-order chi connectivity index (χ0) is 16.4. The molecule has 1 aromatic carbocycles. The second-order valence-corrected chi connectivity index (χ2v) is 5.20. The second-order valence-electron chi connectivity index (χ2n) is 5.20. The topological polar surface area (TPSA) is 46.4 Å². The highest BCUT2D eigenvalue weighted by molar-refractivity contribution is 6.04. The molecule has 0 saturated carbocycles. The number of nitrogens with one attached hydrogen (secondary N) is 1. The number of hydrogen-bond donors (Lipinski definition) is 1. The van der Waals surface area contributed by atoms with Crippen molar-refractivity contribution in [1.29, 1.82) is 0 Å². The number of hydrogen-bond acceptors (Lipinski definition) is 2. The van der Waals surface area contributed by atoms with Crippen LogP contribution in [-0.4, -0.2) is 15.3 Å². The van der Waals surface area contributed by atoms with E-state index < -0.39 is 17.5 Å². The number of pyridine rings is 1. The summed E-state index contributed by atoms with van der Waals surface area (Å²) in [6.45, 7) is 1.97. The normalized spacial score (nSPS) is 10.9. The van der Waals surface area contributed by atoms with Crippen molar-refractivity contribution >= 4 is 17.2 Å². The number of carbonyl (C=O) groups is 1. The van der Waals surface area contributed by atoms with Crippen LogP contribution in [0.25, 0.3) is 5.65 Å². The summed E-state index contributed by atoms with van der Waals surface area (Å²) in [4.78, 5) is 17.0. The van der Waals surface area contributed by atoms with Crippen LogP contribution in [-0.2, 0) is 6.42 Å². The predicted molar refractivity (Wildman–Crippen MR) is 83.5 cm³/mol. The Morgan fingerprint density at radius 2 is 2.04 bits per heavy atom. The number of aromatic nitrogens is 2. The molecule has 0 aliphatic rings. The molecule has 3 aromatic rings. The number of benzene rings is 1. The van der Waals surface area contributed by atoms with Crippen LogP contribution < -0.4 is 5.32 Å². The van der Waals surface area contributed by atoms with Crippen LogP contribution in [0, 0.1) is 11.6 Å². The summed E-state index contributed by atoms with van der Waals surface area (Å²) in [6, 6.07) is 8.43. The highest BCUT2D eigenvalue weighted by atomic mass is 19.1. The summed E-state index contributed by atoms with van der Waals surface area (Å²) in [5.74, 6) is -1.35. The van der Waals surface area contributed by atoms with E-state index in [1.807, 2.05) is 6.92 Å². The number of carbonyl (C=O) groups excluding carboxylic acids is 1. The third-order valence-corrected chi connectivity index (χ3v) is 3.44. The van der Waals surface area contributed by atoms with Gasteiger partial charge in [0.15, 0.2) is 0 Å². The minimum Gasteiger partial charge on any atom is -0.321 e. The molecule has 0 bridgehead atoms. The molecule has 6 heteroatoms. The number of nitrogens with zero attached hydrogens (tertiary/aromatic N) is 2. The van der Waals surface area contributed by atoms with Crippen LogP contribution in [0.3, 0.4) is 0 Å². The average Bonchev–Trinajstić information content (AvgIpc) is 2.85. The van der Waals surface area contributed by atoms with Gasteiger partial charge in [-0.25, -0.2) is 13.8 Å². The molecule has 0 atom stereocenters. The number of halogens is 2. The fourth-order valence-corrected chi connectivity index (χ4v) is 2.48. The van der Waals surface area contributed by atoms with Gasteiger partial charge in [0, 0.05) is 11.9 Å². The monoisotopic (exact) mass is 315 g/mol. The smallest absolute Gasteiger partial charge is 0.274 e. The van der Waals surface area contributed by atoms with Gasteiger partial charge in [0.2, 0.25) is 0 Å². The molecule has 1 N–H and O–H groups in total. The fraction of sp³-hybridized carbons (Fsp3) is 0.176. The van der Waals surface area contributed by atoms with E-state index in [9.17, 15) is 13.6 Å². The first kappa shape index (κ1) is 15.1. The highest BCUT2D eigenvalue weighted by Gasteiger charge is 2.19. The summed E-state index contributed by atoms with van der Waals surface area (Å²) in [5, 5.41) is 2.63. The van der Waals surface area contributed by atoms with Crippen LogP contribution >= 0.6 is 0 Å². The van der Waals surface area contributed by atoms with Gasteiger partial charge in [-0.05, 0) is 36.8 Å². The van der Waals surface area contributed by atoms with E-state index in [2.05, 4.69) is 10.3 Å². The fourth-order valence-electron chi connectivity index (χ4n) is 2.48. The summed E-state index contributed by atoms with van der Waals surface area (Å²) in [7, 11) is 0. The maximum Gasteiger partial charge on any atom is 0.274 e. The predicted octanol–water partition coefficient (Wildman–Crippen LogP) is 3.82. The Labute approximate surface area is 131 Å². The lowest BCUT2D eigenvalue weighted by Gasteiger charge is -2.07. The number of fused-ring (bicyclic) bond motifs is 1. The third kappa shape index (κ3) is 3.06. The van der Waals surface area contributed by atoms with E-state index in [0.717, 1.165) is 6.42 Å². The van der Waals surface area contributed by atoms with Gasteiger partial charge in [-0.3, -0.25) is 9.20 Å². The molecule has 0 aliphatic heterocycles. The van der Waals surface area contributed by atoms with Gasteiger partial charge in [0.05, 0.1) is 5.69 Å². The lowest BCUT2D eigenvalue weighted by Crippen LogP contribution is -2.16. The van der Waals surface area contributed by atoms with Crippen LogP contribution in [0.1, 0.15) is 29.5 Å². The molecule has 2 aromatic heterocycles. The molecule has 0 radical (unpaired) electrons. The second kappa shape index (κ2) is 6.16. The standard InChI is InChI=1S/C17H15F2N3O/c1-2-4-14-16(22-10-12(19)7-8-15(22)21-14)17(23)20-13-6-3-5-11(18)9-13/h3,5-10H,2,4H2,1H3,(H,20,23). The summed E-state index contributed by atoms with van der Waals surface area (Å²) in [5.41, 5.74) is 1.70. The number of amides is 1. The minimum atomic E-state index is -0.460. The molecule has 0 unspecified atom stereocenters. The zero-order valence-electron chi connectivity index (χ0n) is 12.5. The van der Waals surface area contributed by atoms with Gasteiger partial charge in [0.25, 0.3) is 5.91 Å². The Morgan fingerprint density at radius 3 is 2.78 bits per heavy atom. The van der Waals surface area contributed by atoms with Gasteiger partial charge in [-0.1, -0.05) is 19.4 Å². The van der Waals surface area contributed by atoms with Crippen molar-refractivity contribution in [3.05, 3.63) is 65.6 Å². The van der Waals surface area contributed by atoms with Gasteiger partial charge in [-0.15, -0.1) is 0 Å². The van der Waals surface area contributed by atoms with E-state index in [4.69, 9.17) is 0 Å². The number of rotatable bonds is 4. The number of imidazole rings is 1. The number of anilines is 1. The Morgan fingerprint density at radius 1 is 1.22 bits per heavy atom. The SMILES string of the molecule is CCCc1nc2ccc(F)cn2c1C(=O)Nc1cccc(F)c1. The Hall–Kier alpha value is -2.76. The summed E-state index contributed by atoms with van der Waals surface area (Å²) < 4.78 is 28.2. The van der Waals surface area contributed by atoms with Crippen molar-refractivity contribution in [2.45, 2.75) is 19.8 Å². The van der Waals surface area contributed by atoms with E-state index in [1.54, 1.807) is 6.07 Å². The average molecular weight is 315 g/mol. The van der Waals surface area contributed by atoms with Crippen LogP contribution in [0.2, 0.25) is 0 Å². The molecule has 118 valence electrons. The van der Waals surface area contributed by atoms with Crippen molar-refractivity contribution < 1.29 is 13.6 Å². The molecule has 1 amide bonds. The lowest BCUT2D eigenvalue weighted by molar-refractivity contribution is 0.102. The summed E-state index contributed by atoms with van der Waals surface area (Å²) >= 11 is 0. The van der Waals surface area contributed by atoms with E-state index >= 15 is 0 Å². The van der Waals surface area contributed by atoms with Crippen molar-refractivity contribution in [1.82, 2.24) is 9.38 Å². The molecule has 0 spiro atoms. The minimum absolute atomic E-state index is 0.269. The maximum absolute atomic E-state index is 13.5. The Balaban J connectivity index is 2.04. The molecular weight excluding hydrogens is 300 g/mol. The number of aryl methyl sites for hydroxylation is 1. The van der Waals surface area contributed by atoms with Gasteiger partial charge >= 0.3 is 0 Å². The van der Waals surface area contributed by atoms with E-state index in [0.29, 0.717) is 23.4 Å². The first-order valence-corrected chi connectivity index (χ1v) is 7.32. The highest BCUT2D eigenvalue weighted by Crippen LogP contribution is 2.18. The molecule has 2 heterocycles. The van der Waals surface area contributed by atoms with Crippen LogP contribution in [0.15, 0.2) is 42.6 Å². The molecule has 23 heavy (non-hydrogen) atoms. The van der Waals surface area contributed by atoms with Crippen LogP contribution in [0.4, 0.5) is 14.5 Å². The van der Waals surface area contributed by atoms with Crippen molar-refractivity contribution in [3.63, 3.8) is 0 Å². The Kier molecular flexibility index (Phi) is 4.06. The third-order valence-electron chi connectivity index (χ3n) is 3.44. The van der Waals surface area contributed by atoms with E-state index in [1.165, 1.54) is 40.9 Å². The first-order chi connectivity index (χ1) is 11.1. The van der Waals surface area contributed by atoms with Crippen molar-refractivity contribution in [3.8, 4) is 0 Å². The van der Waals surface area contributed by atoms with Crippen LogP contribution in [0.5, 0.6) is 0 Å². The van der Waals surface area contributed by atoms with Gasteiger partial charge in [-0.2, -0.15) is 0 Å². The molecule has 3 rings (SSSR count). The van der Waals surface area contributed by atoms with Crippen molar-refractivity contribution in [2.24, 2.45) is 0 Å². The van der Waals surface area contributed by atoms with Gasteiger partial charge < -0.3 is 5.32 Å². The lowest BCUT2D eigenvalue weighted by atomic mass is 10.2. The first-order valence-electron chi connectivity index (χ1n) is 7.32. The maximum atomic E-state index is 13.5. The molecular formula is C17H15F2N3O.